The molecule has 0 aliphatic rings. The quantitative estimate of drug-likeness (QED) is 0.748. The van der Waals surface area contributed by atoms with Crippen LogP contribution in [0.5, 0.6) is 0 Å². The molecule has 1 unspecified atom stereocenters. The Hall–Kier alpha value is -2.56. The number of nitrogens with two attached hydrogens (primary N) is 1. The lowest BCUT2D eigenvalue weighted by Crippen LogP contribution is -2.11. The van der Waals surface area contributed by atoms with Crippen LogP contribution in [0.2, 0.25) is 0 Å². The fourth-order valence-electron chi connectivity index (χ4n) is 1.93. The molecule has 4 N–H and O–H groups in total. The summed E-state index contributed by atoms with van der Waals surface area (Å²) < 4.78 is 12.9. The highest BCUT2D eigenvalue weighted by atomic mass is 19.1. The van der Waals surface area contributed by atoms with Crippen LogP contribution in [0.3, 0.4) is 0 Å². The maximum atomic E-state index is 12.9. The normalized spacial score (nSPS) is 11.9. The van der Waals surface area contributed by atoms with Crippen molar-refractivity contribution in [2.75, 3.05) is 11.1 Å². The van der Waals surface area contributed by atoms with E-state index in [1.807, 2.05) is 6.92 Å². The van der Waals surface area contributed by atoms with Gasteiger partial charge >= 0.3 is 5.97 Å². The molecule has 2 aromatic rings. The van der Waals surface area contributed by atoms with Gasteiger partial charge < -0.3 is 16.2 Å². The molecule has 5 heteroatoms. The van der Waals surface area contributed by atoms with Gasteiger partial charge in [-0.3, -0.25) is 0 Å². The van der Waals surface area contributed by atoms with E-state index in [2.05, 4.69) is 5.32 Å². The molecule has 0 saturated carbocycles. The number of nitrogen functional groups attached to an aromatic ring is 1. The summed E-state index contributed by atoms with van der Waals surface area (Å²) in [4.78, 5) is 11.2. The molecule has 0 aliphatic heterocycles. The first-order chi connectivity index (χ1) is 9.47. The molecule has 0 aromatic heterocycles. The molecule has 0 radical (unpaired) electrons. The van der Waals surface area contributed by atoms with Crippen molar-refractivity contribution >= 4 is 17.3 Å². The first kappa shape index (κ1) is 13.9. The number of halogens is 1. The Kier molecular flexibility index (Phi) is 3.89. The Balaban J connectivity index is 2.25. The summed E-state index contributed by atoms with van der Waals surface area (Å²) in [5.41, 5.74) is 7.43. The lowest BCUT2D eigenvalue weighted by molar-refractivity contribution is 0.0698. The second-order valence-corrected chi connectivity index (χ2v) is 4.53. The van der Waals surface area contributed by atoms with Gasteiger partial charge in [0.1, 0.15) is 5.82 Å². The van der Waals surface area contributed by atoms with Crippen molar-refractivity contribution in [3.05, 3.63) is 59.4 Å². The van der Waals surface area contributed by atoms with E-state index in [1.54, 1.807) is 24.3 Å². The molecule has 0 spiro atoms. The van der Waals surface area contributed by atoms with Crippen LogP contribution in [0.1, 0.15) is 28.9 Å². The minimum Gasteiger partial charge on any atom is -0.478 e. The fourth-order valence-corrected chi connectivity index (χ4v) is 1.93. The van der Waals surface area contributed by atoms with Crippen molar-refractivity contribution in [1.29, 1.82) is 0 Å². The number of nitrogens with one attached hydrogen (secondary N) is 1. The second kappa shape index (κ2) is 5.61. The third-order valence-electron chi connectivity index (χ3n) is 3.02. The van der Waals surface area contributed by atoms with Crippen LogP contribution >= 0.6 is 0 Å². The fraction of sp³-hybridized carbons (Fsp3) is 0.133. The minimum atomic E-state index is -1.05. The molecule has 0 saturated heterocycles. The van der Waals surface area contributed by atoms with Crippen molar-refractivity contribution in [3.8, 4) is 0 Å². The number of carboxylic acids is 1. The first-order valence-corrected chi connectivity index (χ1v) is 6.12. The minimum absolute atomic E-state index is 0.110. The number of anilines is 2. The zero-order chi connectivity index (χ0) is 14.7. The van der Waals surface area contributed by atoms with Gasteiger partial charge in [0.2, 0.25) is 0 Å². The molecule has 0 bridgehead atoms. The molecular weight excluding hydrogens is 259 g/mol. The molecular formula is C15H15FN2O2. The molecule has 0 amide bonds. The van der Waals surface area contributed by atoms with E-state index in [1.165, 1.54) is 18.2 Å². The molecule has 104 valence electrons. The van der Waals surface area contributed by atoms with Gasteiger partial charge in [-0.05, 0) is 42.8 Å². The summed E-state index contributed by atoms with van der Waals surface area (Å²) in [5, 5.41) is 12.3. The number of aromatic carboxylic acids is 1. The smallest absolute Gasteiger partial charge is 0.337 e. The summed E-state index contributed by atoms with van der Waals surface area (Å²) in [6.45, 7) is 1.87. The molecule has 4 nitrogen and oxygen atoms in total. The van der Waals surface area contributed by atoms with Gasteiger partial charge in [0, 0.05) is 17.4 Å². The Bertz CT molecular complexity index is 626. The van der Waals surface area contributed by atoms with Gasteiger partial charge in [-0.25, -0.2) is 9.18 Å². The largest absolute Gasteiger partial charge is 0.478 e. The van der Waals surface area contributed by atoms with Crippen LogP contribution in [-0.4, -0.2) is 11.1 Å². The monoisotopic (exact) mass is 274 g/mol. The SMILES string of the molecule is CC(Nc1ccc(N)cc1C(=O)O)c1ccc(F)cc1. The van der Waals surface area contributed by atoms with E-state index in [4.69, 9.17) is 10.8 Å². The lowest BCUT2D eigenvalue weighted by atomic mass is 10.1. The van der Waals surface area contributed by atoms with Crippen LogP contribution in [0.25, 0.3) is 0 Å². The maximum Gasteiger partial charge on any atom is 0.337 e. The Labute approximate surface area is 116 Å². The van der Waals surface area contributed by atoms with Crippen molar-refractivity contribution in [2.45, 2.75) is 13.0 Å². The molecule has 2 rings (SSSR count). The van der Waals surface area contributed by atoms with Gasteiger partial charge in [0.25, 0.3) is 0 Å². The molecule has 0 heterocycles. The summed E-state index contributed by atoms with van der Waals surface area (Å²) in [6, 6.07) is 10.6. The number of benzene rings is 2. The van der Waals surface area contributed by atoms with E-state index in [9.17, 15) is 9.18 Å². The van der Waals surface area contributed by atoms with Crippen LogP contribution < -0.4 is 11.1 Å². The zero-order valence-electron chi connectivity index (χ0n) is 10.9. The standard InChI is InChI=1S/C15H15FN2O2/c1-9(10-2-4-11(16)5-3-10)18-14-7-6-12(17)8-13(14)15(19)20/h2-9,18H,17H2,1H3,(H,19,20). The van der Waals surface area contributed by atoms with Crippen LogP contribution in [0, 0.1) is 5.82 Å². The van der Waals surface area contributed by atoms with E-state index in [-0.39, 0.29) is 17.4 Å². The number of carboxylic acid groups (broad SMARTS) is 1. The third-order valence-corrected chi connectivity index (χ3v) is 3.02. The highest BCUT2D eigenvalue weighted by Gasteiger charge is 2.13. The number of hydrogen-bond donors (Lipinski definition) is 3. The van der Waals surface area contributed by atoms with Crippen LogP contribution in [0.15, 0.2) is 42.5 Å². The highest BCUT2D eigenvalue weighted by Crippen LogP contribution is 2.24. The van der Waals surface area contributed by atoms with Crippen molar-refractivity contribution in [3.63, 3.8) is 0 Å². The third kappa shape index (κ3) is 3.06. The van der Waals surface area contributed by atoms with E-state index in [0.717, 1.165) is 5.56 Å². The Morgan fingerprint density at radius 3 is 2.50 bits per heavy atom. The first-order valence-electron chi connectivity index (χ1n) is 6.12. The summed E-state index contributed by atoms with van der Waals surface area (Å²) in [6.07, 6.45) is 0. The van der Waals surface area contributed by atoms with Gasteiger partial charge in [-0.1, -0.05) is 12.1 Å². The van der Waals surface area contributed by atoms with Gasteiger partial charge in [-0.15, -0.1) is 0 Å². The Morgan fingerprint density at radius 2 is 1.90 bits per heavy atom. The topological polar surface area (TPSA) is 75.3 Å². The zero-order valence-corrected chi connectivity index (χ0v) is 10.9. The summed E-state index contributed by atoms with van der Waals surface area (Å²) in [7, 11) is 0. The molecule has 1 atom stereocenters. The number of carbonyl (C=O) groups is 1. The molecule has 0 fully saturated rings. The van der Waals surface area contributed by atoms with Gasteiger partial charge in [-0.2, -0.15) is 0 Å². The van der Waals surface area contributed by atoms with E-state index in [0.29, 0.717) is 11.4 Å². The van der Waals surface area contributed by atoms with Crippen molar-refractivity contribution in [2.24, 2.45) is 0 Å². The average Bonchev–Trinajstić information content (AvgIpc) is 2.41. The molecule has 0 aliphatic carbocycles. The highest BCUT2D eigenvalue weighted by molar-refractivity contribution is 5.95. The number of rotatable bonds is 4. The van der Waals surface area contributed by atoms with Crippen molar-refractivity contribution < 1.29 is 14.3 Å². The van der Waals surface area contributed by atoms with Crippen molar-refractivity contribution in [1.82, 2.24) is 0 Å². The predicted octanol–water partition coefficient (Wildman–Crippen LogP) is 3.28. The number of hydrogen-bond acceptors (Lipinski definition) is 3. The summed E-state index contributed by atoms with van der Waals surface area (Å²) in [5.74, 6) is -1.36. The lowest BCUT2D eigenvalue weighted by Gasteiger charge is -2.17. The van der Waals surface area contributed by atoms with E-state index >= 15 is 0 Å². The Morgan fingerprint density at radius 1 is 1.25 bits per heavy atom. The second-order valence-electron chi connectivity index (χ2n) is 4.53. The predicted molar refractivity (Wildman–Crippen MR) is 76.3 cm³/mol. The van der Waals surface area contributed by atoms with Gasteiger partial charge in [0.05, 0.1) is 5.56 Å². The van der Waals surface area contributed by atoms with Crippen LogP contribution in [0.4, 0.5) is 15.8 Å². The average molecular weight is 274 g/mol. The molecule has 20 heavy (non-hydrogen) atoms. The maximum absolute atomic E-state index is 12.9. The molecule has 2 aromatic carbocycles. The summed E-state index contributed by atoms with van der Waals surface area (Å²) >= 11 is 0. The van der Waals surface area contributed by atoms with Gasteiger partial charge in [0.15, 0.2) is 0 Å². The van der Waals surface area contributed by atoms with Crippen LogP contribution in [-0.2, 0) is 0 Å². The van der Waals surface area contributed by atoms with E-state index < -0.39 is 5.97 Å².